The minimum atomic E-state index is 0.218. The van der Waals surface area contributed by atoms with Gasteiger partial charge in [-0.25, -0.2) is 0 Å². The minimum absolute atomic E-state index is 0.218. The number of nitrogens with zero attached hydrogens (tertiary/aromatic N) is 1. The fraction of sp³-hybridized carbons (Fsp3) is 0. The molecule has 10 aromatic rings. The number of nitrogen functional groups attached to an aromatic ring is 1. The quantitative estimate of drug-likeness (QED) is 0.115. The Morgan fingerprint density at radius 3 is 1.46 bits per heavy atom. The average molecular weight is 807 g/mol. The maximum Gasteiger partial charge on any atom is 0.0868 e. The van der Waals surface area contributed by atoms with Crippen LogP contribution in [-0.2, 0) is 0 Å². The van der Waals surface area contributed by atoms with E-state index < -0.39 is 0 Å². The number of fused-ring (bicyclic) bond motifs is 3. The summed E-state index contributed by atoms with van der Waals surface area (Å²) in [6.45, 7) is 0. The van der Waals surface area contributed by atoms with E-state index in [1.807, 2.05) is 60.8 Å². The first kappa shape index (κ1) is 38.7. The molecule has 0 aliphatic heterocycles. The van der Waals surface area contributed by atoms with Crippen molar-refractivity contribution in [3.05, 3.63) is 242 Å². The van der Waals surface area contributed by atoms with Gasteiger partial charge in [-0.15, -0.1) is 0 Å². The Bertz CT molecular complexity index is 3400. The summed E-state index contributed by atoms with van der Waals surface area (Å²) >= 11 is 0. The van der Waals surface area contributed by atoms with Gasteiger partial charge >= 0.3 is 0 Å². The molecule has 0 saturated carbocycles. The van der Waals surface area contributed by atoms with Crippen LogP contribution in [0.5, 0.6) is 0 Å². The summed E-state index contributed by atoms with van der Waals surface area (Å²) in [5.74, 6) is 0. The maximum absolute atomic E-state index is 8.99. The van der Waals surface area contributed by atoms with Gasteiger partial charge in [0.1, 0.15) is 0 Å². The van der Waals surface area contributed by atoms with Crippen LogP contribution < -0.4 is 5.73 Å². The molecule has 11 rings (SSSR count). The van der Waals surface area contributed by atoms with Crippen LogP contribution in [0.4, 0.5) is 5.69 Å². The van der Waals surface area contributed by atoms with Gasteiger partial charge in [0.2, 0.25) is 0 Å². The van der Waals surface area contributed by atoms with Gasteiger partial charge in [-0.3, -0.25) is 15.8 Å². The zero-order valence-electron chi connectivity index (χ0n) is 34.5. The standard InChI is InChI=1S/C38H26N2.C21H16N2/c39-37-24-31(34-21-29(25-11-3-1-4-12-25)19-27-15-7-9-17-32(27)34)23-36(38(37)40)35-22-30(26-13-5-2-6-14-26)20-28-16-8-10-18-33(28)35;22-21-9-7-15(8-10-21)17-5-3-16-4-6-18(13-20(16)12-17)19-2-1-11-23-14-19/h1-24,39-40H;1-14H,22H2. The molecule has 4 nitrogen and oxygen atoms in total. The van der Waals surface area contributed by atoms with Crippen LogP contribution >= 0.6 is 0 Å². The molecule has 0 spiro atoms. The molecule has 298 valence electrons. The van der Waals surface area contributed by atoms with Crippen molar-refractivity contribution in [3.8, 4) is 44.5 Å². The third-order valence-corrected chi connectivity index (χ3v) is 11.8. The smallest absolute Gasteiger partial charge is 0.0868 e. The monoisotopic (exact) mass is 806 g/mol. The zero-order chi connectivity index (χ0) is 42.7. The molecule has 63 heavy (non-hydrogen) atoms. The highest BCUT2D eigenvalue weighted by molar-refractivity contribution is 6.62. The van der Waals surface area contributed by atoms with Crippen molar-refractivity contribution in [2.24, 2.45) is 0 Å². The predicted octanol–water partition coefficient (Wildman–Crippen LogP) is 15.0. The van der Waals surface area contributed by atoms with Crippen molar-refractivity contribution in [2.75, 3.05) is 5.73 Å². The molecule has 1 aromatic heterocycles. The third-order valence-electron chi connectivity index (χ3n) is 11.8. The van der Waals surface area contributed by atoms with E-state index in [2.05, 4.69) is 169 Å². The molecule has 4 heteroatoms. The van der Waals surface area contributed by atoms with Crippen molar-refractivity contribution in [3.63, 3.8) is 0 Å². The fourth-order valence-corrected chi connectivity index (χ4v) is 8.50. The van der Waals surface area contributed by atoms with Crippen molar-refractivity contribution < 1.29 is 0 Å². The molecule has 1 aliphatic rings. The zero-order valence-corrected chi connectivity index (χ0v) is 34.5. The molecule has 9 aromatic carbocycles. The highest BCUT2D eigenvalue weighted by Crippen LogP contribution is 2.39. The van der Waals surface area contributed by atoms with Crippen LogP contribution in [0.25, 0.3) is 88.0 Å². The van der Waals surface area contributed by atoms with Gasteiger partial charge in [0.25, 0.3) is 0 Å². The Balaban J connectivity index is 0.000000173. The van der Waals surface area contributed by atoms with Gasteiger partial charge in [-0.05, 0) is 155 Å². The summed E-state index contributed by atoms with van der Waals surface area (Å²) in [5, 5.41) is 24.8. The number of anilines is 1. The normalized spacial score (nSPS) is 12.4. The molecule has 1 aliphatic carbocycles. The minimum Gasteiger partial charge on any atom is -0.399 e. The lowest BCUT2D eigenvalue weighted by atomic mass is 9.83. The summed E-state index contributed by atoms with van der Waals surface area (Å²) < 4.78 is 0. The lowest BCUT2D eigenvalue weighted by molar-refractivity contribution is 1.33. The van der Waals surface area contributed by atoms with Gasteiger partial charge < -0.3 is 5.73 Å². The number of rotatable bonds is 6. The van der Waals surface area contributed by atoms with Gasteiger partial charge in [-0.2, -0.15) is 0 Å². The molecular formula is C59H42N4. The van der Waals surface area contributed by atoms with Gasteiger partial charge in [0.05, 0.1) is 11.4 Å². The summed E-state index contributed by atoms with van der Waals surface area (Å²) in [4.78, 5) is 4.20. The average Bonchev–Trinajstić information content (AvgIpc) is 3.35. The topological polar surface area (TPSA) is 86.6 Å². The van der Waals surface area contributed by atoms with Gasteiger partial charge in [-0.1, -0.05) is 152 Å². The SMILES string of the molecule is N=C1C=C(c2cc(-c3ccccc3)cc3ccccc23)C=C(c2cc(-c3ccccc3)cc3ccccc23)C1=N.Nc1ccc(-c2ccc3ccc(-c4cccnc4)cc3c2)cc1. The largest absolute Gasteiger partial charge is 0.399 e. The maximum atomic E-state index is 8.99. The number of pyridine rings is 1. The summed E-state index contributed by atoms with van der Waals surface area (Å²) in [6.07, 6.45) is 7.63. The van der Waals surface area contributed by atoms with Crippen LogP contribution in [0.1, 0.15) is 11.1 Å². The lowest BCUT2D eigenvalue weighted by Crippen LogP contribution is -2.16. The van der Waals surface area contributed by atoms with Gasteiger partial charge in [0.15, 0.2) is 0 Å². The summed E-state index contributed by atoms with van der Waals surface area (Å²) in [5.41, 5.74) is 20.0. The molecule has 0 saturated heterocycles. The molecule has 0 unspecified atom stereocenters. The Kier molecular flexibility index (Phi) is 10.4. The second-order valence-electron chi connectivity index (χ2n) is 15.8. The number of hydrogen-bond donors (Lipinski definition) is 3. The van der Waals surface area contributed by atoms with Crippen molar-refractivity contribution in [1.82, 2.24) is 4.98 Å². The van der Waals surface area contributed by atoms with Crippen LogP contribution in [0.2, 0.25) is 0 Å². The molecule has 0 amide bonds. The first-order valence-electron chi connectivity index (χ1n) is 21.0. The van der Waals surface area contributed by atoms with Crippen LogP contribution in [0.15, 0.2) is 231 Å². The van der Waals surface area contributed by atoms with E-state index in [1.54, 1.807) is 6.20 Å². The number of allylic oxidation sites excluding steroid dienone is 4. The Morgan fingerprint density at radius 2 is 0.857 bits per heavy atom. The van der Waals surface area contributed by atoms with E-state index in [0.717, 1.165) is 77.3 Å². The van der Waals surface area contributed by atoms with Crippen molar-refractivity contribution in [1.29, 1.82) is 10.8 Å². The summed E-state index contributed by atoms with van der Waals surface area (Å²) in [7, 11) is 0. The fourth-order valence-electron chi connectivity index (χ4n) is 8.50. The predicted molar refractivity (Wildman–Crippen MR) is 267 cm³/mol. The lowest BCUT2D eigenvalue weighted by Gasteiger charge is -2.20. The third kappa shape index (κ3) is 7.97. The second kappa shape index (κ2) is 16.9. The molecule has 0 fully saturated rings. The molecule has 0 bridgehead atoms. The van der Waals surface area contributed by atoms with E-state index in [9.17, 15) is 0 Å². The van der Waals surface area contributed by atoms with E-state index in [1.165, 1.54) is 27.5 Å². The van der Waals surface area contributed by atoms with Crippen molar-refractivity contribution >= 4 is 60.6 Å². The van der Waals surface area contributed by atoms with E-state index in [-0.39, 0.29) is 11.4 Å². The number of nitrogens with two attached hydrogens (primary N) is 1. The first-order valence-corrected chi connectivity index (χ1v) is 21.0. The summed E-state index contributed by atoms with van der Waals surface area (Å²) in [6, 6.07) is 71.4. The Morgan fingerprint density at radius 1 is 0.365 bits per heavy atom. The first-order chi connectivity index (χ1) is 30.9. The second-order valence-corrected chi connectivity index (χ2v) is 15.8. The van der Waals surface area contributed by atoms with Crippen LogP contribution in [-0.4, -0.2) is 16.4 Å². The van der Waals surface area contributed by atoms with E-state index in [4.69, 9.17) is 16.6 Å². The van der Waals surface area contributed by atoms with Gasteiger partial charge in [0, 0.05) is 29.2 Å². The molecule has 4 N–H and O–H groups in total. The number of aromatic nitrogens is 1. The number of benzene rings is 9. The Labute approximate surface area is 367 Å². The van der Waals surface area contributed by atoms with E-state index >= 15 is 0 Å². The van der Waals surface area contributed by atoms with Crippen LogP contribution in [0, 0.1) is 10.8 Å². The van der Waals surface area contributed by atoms with E-state index in [0.29, 0.717) is 0 Å². The highest BCUT2D eigenvalue weighted by atomic mass is 14.6. The van der Waals surface area contributed by atoms with Crippen molar-refractivity contribution in [2.45, 2.75) is 0 Å². The molecule has 1 heterocycles. The Hall–Kier alpha value is -8.47. The molecular weight excluding hydrogens is 765 g/mol. The number of nitrogens with one attached hydrogen (secondary N) is 2. The highest BCUT2D eigenvalue weighted by Gasteiger charge is 2.22. The molecule has 0 atom stereocenters. The van der Waals surface area contributed by atoms with Crippen LogP contribution in [0.3, 0.4) is 0 Å². The molecule has 0 radical (unpaired) electrons. The number of hydrogen-bond acceptors (Lipinski definition) is 4.